The summed E-state index contributed by atoms with van der Waals surface area (Å²) < 4.78 is 13.5. The maximum atomic E-state index is 5.96. The third-order valence-corrected chi connectivity index (χ3v) is 5.11. The number of nitrogens with zero attached hydrogens (tertiary/aromatic N) is 2. The summed E-state index contributed by atoms with van der Waals surface area (Å²) in [6.07, 6.45) is 8.50. The molecule has 2 fully saturated rings. The van der Waals surface area contributed by atoms with Crippen LogP contribution in [0.3, 0.4) is 0 Å². The lowest BCUT2D eigenvalue weighted by Crippen LogP contribution is -2.33. The van der Waals surface area contributed by atoms with E-state index in [1.165, 1.54) is 36.9 Å². The Morgan fingerprint density at radius 3 is 2.77 bits per heavy atom. The molecule has 22 heavy (non-hydrogen) atoms. The average Bonchev–Trinajstić information content (AvgIpc) is 3.25. The highest BCUT2D eigenvalue weighted by Crippen LogP contribution is 2.32. The summed E-state index contributed by atoms with van der Waals surface area (Å²) in [6, 6.07) is 0. The van der Waals surface area contributed by atoms with E-state index in [9.17, 15) is 0 Å². The first-order valence-electron chi connectivity index (χ1n) is 8.85. The van der Waals surface area contributed by atoms with Gasteiger partial charge in [-0.3, -0.25) is 4.68 Å². The van der Waals surface area contributed by atoms with Crippen molar-refractivity contribution in [2.45, 2.75) is 44.8 Å². The van der Waals surface area contributed by atoms with Crippen LogP contribution in [-0.2, 0) is 22.4 Å². The van der Waals surface area contributed by atoms with Gasteiger partial charge in [-0.25, -0.2) is 0 Å². The van der Waals surface area contributed by atoms with E-state index in [4.69, 9.17) is 14.6 Å². The number of aromatic nitrogens is 2. The maximum absolute atomic E-state index is 5.96. The van der Waals surface area contributed by atoms with Crippen molar-refractivity contribution in [2.24, 2.45) is 11.8 Å². The Morgan fingerprint density at radius 2 is 1.95 bits per heavy atom. The second-order valence-corrected chi connectivity index (χ2v) is 7.03. The summed E-state index contributed by atoms with van der Waals surface area (Å²) in [4.78, 5) is 0. The molecule has 3 aliphatic rings. The molecule has 0 radical (unpaired) electrons. The van der Waals surface area contributed by atoms with Crippen molar-refractivity contribution in [3.63, 3.8) is 0 Å². The summed E-state index contributed by atoms with van der Waals surface area (Å²) >= 11 is 0. The predicted molar refractivity (Wildman–Crippen MR) is 83.8 cm³/mol. The van der Waals surface area contributed by atoms with E-state index >= 15 is 0 Å². The van der Waals surface area contributed by atoms with Crippen molar-refractivity contribution in [3.8, 4) is 0 Å². The van der Waals surface area contributed by atoms with E-state index in [-0.39, 0.29) is 6.10 Å². The topological polar surface area (TPSA) is 48.3 Å². The molecule has 0 spiro atoms. The van der Waals surface area contributed by atoms with Crippen LogP contribution in [0.5, 0.6) is 0 Å². The Kier molecular flexibility index (Phi) is 4.46. The van der Waals surface area contributed by atoms with Crippen LogP contribution in [0, 0.1) is 11.8 Å². The molecule has 5 nitrogen and oxygen atoms in total. The van der Waals surface area contributed by atoms with E-state index in [0.29, 0.717) is 0 Å². The van der Waals surface area contributed by atoms with Crippen molar-refractivity contribution in [1.29, 1.82) is 0 Å². The first kappa shape index (κ1) is 14.7. The van der Waals surface area contributed by atoms with Gasteiger partial charge in [0.15, 0.2) is 0 Å². The fraction of sp³-hybridized carbons (Fsp3) is 0.824. The first-order chi connectivity index (χ1) is 10.9. The second kappa shape index (κ2) is 6.69. The molecule has 1 N–H and O–H groups in total. The van der Waals surface area contributed by atoms with Crippen molar-refractivity contribution in [3.05, 3.63) is 17.5 Å². The minimum Gasteiger partial charge on any atom is -0.381 e. The molecular formula is C17H27N3O2. The Bertz CT molecular complexity index is 492. The molecule has 1 unspecified atom stereocenters. The Morgan fingerprint density at radius 1 is 1.09 bits per heavy atom. The van der Waals surface area contributed by atoms with Crippen LogP contribution in [0.25, 0.3) is 0 Å². The molecule has 2 aliphatic heterocycles. The Hall–Kier alpha value is -0.910. The molecule has 1 saturated carbocycles. The third kappa shape index (κ3) is 3.53. The van der Waals surface area contributed by atoms with Gasteiger partial charge in [-0.15, -0.1) is 0 Å². The van der Waals surface area contributed by atoms with Crippen molar-refractivity contribution in [1.82, 2.24) is 15.1 Å². The number of hydrogen-bond acceptors (Lipinski definition) is 4. The summed E-state index contributed by atoms with van der Waals surface area (Å²) in [6.45, 7) is 5.71. The highest BCUT2D eigenvalue weighted by Gasteiger charge is 2.27. The molecule has 4 rings (SSSR count). The number of fused-ring (bicyclic) bond motifs is 1. The molecule has 5 heteroatoms. The van der Waals surface area contributed by atoms with Crippen LogP contribution < -0.4 is 5.32 Å². The van der Waals surface area contributed by atoms with Gasteiger partial charge in [-0.2, -0.15) is 5.10 Å². The summed E-state index contributed by atoms with van der Waals surface area (Å²) in [5, 5.41) is 8.41. The van der Waals surface area contributed by atoms with Crippen molar-refractivity contribution < 1.29 is 9.47 Å². The minimum absolute atomic E-state index is 0.129. The van der Waals surface area contributed by atoms with Gasteiger partial charge in [0.25, 0.3) is 0 Å². The van der Waals surface area contributed by atoms with Gasteiger partial charge in [0.1, 0.15) is 6.10 Å². The van der Waals surface area contributed by atoms with E-state index in [0.717, 1.165) is 57.7 Å². The standard InChI is InChI=1S/C17H27N3O2/c1-2-14(1)11-20-12-15-5-8-22-16(17(15)19-20)10-18-9-13-3-6-21-7-4-13/h12-14,16,18H,1-11H2. The van der Waals surface area contributed by atoms with Gasteiger partial charge in [-0.1, -0.05) is 0 Å². The van der Waals surface area contributed by atoms with Crippen LogP contribution in [0.1, 0.15) is 43.0 Å². The smallest absolute Gasteiger partial charge is 0.114 e. The zero-order valence-electron chi connectivity index (χ0n) is 13.3. The Labute approximate surface area is 132 Å². The van der Waals surface area contributed by atoms with E-state index in [1.807, 2.05) is 0 Å². The number of hydrogen-bond donors (Lipinski definition) is 1. The third-order valence-electron chi connectivity index (χ3n) is 5.11. The van der Waals surface area contributed by atoms with E-state index < -0.39 is 0 Å². The van der Waals surface area contributed by atoms with Gasteiger partial charge in [0, 0.05) is 32.5 Å². The highest BCUT2D eigenvalue weighted by molar-refractivity contribution is 5.22. The number of rotatable bonds is 6. The van der Waals surface area contributed by atoms with Gasteiger partial charge in [-0.05, 0) is 56.0 Å². The molecule has 3 heterocycles. The van der Waals surface area contributed by atoms with Crippen molar-refractivity contribution >= 4 is 0 Å². The molecule has 1 atom stereocenters. The zero-order valence-corrected chi connectivity index (χ0v) is 13.3. The molecule has 1 aromatic rings. The quantitative estimate of drug-likeness (QED) is 0.872. The summed E-state index contributed by atoms with van der Waals surface area (Å²) in [5.41, 5.74) is 2.57. The second-order valence-electron chi connectivity index (χ2n) is 7.03. The predicted octanol–water partition coefficient (Wildman–Crippen LogP) is 1.92. The molecular weight excluding hydrogens is 278 g/mol. The van der Waals surface area contributed by atoms with Gasteiger partial charge < -0.3 is 14.8 Å². The zero-order chi connectivity index (χ0) is 14.8. The van der Waals surface area contributed by atoms with Crippen LogP contribution in [0.4, 0.5) is 0 Å². The fourth-order valence-corrected chi connectivity index (χ4v) is 3.51. The largest absolute Gasteiger partial charge is 0.381 e. The molecule has 1 saturated heterocycles. The van der Waals surface area contributed by atoms with Gasteiger partial charge in [0.05, 0.1) is 12.3 Å². The lowest BCUT2D eigenvalue weighted by Gasteiger charge is -2.25. The maximum Gasteiger partial charge on any atom is 0.114 e. The van der Waals surface area contributed by atoms with Gasteiger partial charge >= 0.3 is 0 Å². The van der Waals surface area contributed by atoms with Crippen LogP contribution in [0.2, 0.25) is 0 Å². The molecule has 1 aromatic heterocycles. The summed E-state index contributed by atoms with van der Waals surface area (Å²) in [5.74, 6) is 1.62. The first-order valence-corrected chi connectivity index (χ1v) is 8.85. The van der Waals surface area contributed by atoms with Crippen molar-refractivity contribution in [2.75, 3.05) is 32.9 Å². The highest BCUT2D eigenvalue weighted by atomic mass is 16.5. The number of ether oxygens (including phenoxy) is 2. The Balaban J connectivity index is 1.31. The molecule has 0 bridgehead atoms. The minimum atomic E-state index is 0.129. The lowest BCUT2D eigenvalue weighted by molar-refractivity contribution is 0.0352. The van der Waals surface area contributed by atoms with Crippen LogP contribution in [0.15, 0.2) is 6.20 Å². The van der Waals surface area contributed by atoms with Crippen LogP contribution in [-0.4, -0.2) is 42.7 Å². The van der Waals surface area contributed by atoms with E-state index in [2.05, 4.69) is 16.2 Å². The number of nitrogens with one attached hydrogen (secondary N) is 1. The monoisotopic (exact) mass is 305 g/mol. The SMILES string of the molecule is c1c2c(nn1CC1CC1)C(CNCC1CCOCC1)OCC2. The molecule has 0 amide bonds. The normalized spacial score (nSPS) is 26.1. The molecule has 0 aromatic carbocycles. The van der Waals surface area contributed by atoms with E-state index in [1.54, 1.807) is 0 Å². The lowest BCUT2D eigenvalue weighted by atomic mass is 10.00. The molecule has 122 valence electrons. The molecule has 1 aliphatic carbocycles. The summed E-state index contributed by atoms with van der Waals surface area (Å²) in [7, 11) is 0. The average molecular weight is 305 g/mol. The fourth-order valence-electron chi connectivity index (χ4n) is 3.51. The van der Waals surface area contributed by atoms with Crippen LogP contribution >= 0.6 is 0 Å². The van der Waals surface area contributed by atoms with Gasteiger partial charge in [0.2, 0.25) is 0 Å².